The van der Waals surface area contributed by atoms with Crippen LogP contribution in [-0.2, 0) is 11.2 Å². The molecule has 4 nitrogen and oxygen atoms in total. The number of nitrogens with two attached hydrogens (primary N) is 1. The Bertz CT molecular complexity index is 455. The zero-order valence-corrected chi connectivity index (χ0v) is 11.2. The molecule has 0 spiro atoms. The van der Waals surface area contributed by atoms with Crippen molar-refractivity contribution in [2.24, 2.45) is 5.73 Å². The van der Waals surface area contributed by atoms with Crippen LogP contribution < -0.4 is 10.5 Å². The van der Waals surface area contributed by atoms with Crippen LogP contribution >= 0.6 is 23.4 Å². The van der Waals surface area contributed by atoms with Gasteiger partial charge in [-0.2, -0.15) is 11.8 Å². The number of benzene rings is 1. The minimum absolute atomic E-state index is 0.0736. The average Bonchev–Trinajstić information content (AvgIpc) is 2.70. The lowest BCUT2D eigenvalue weighted by molar-refractivity contribution is -0.137. The van der Waals surface area contributed by atoms with Crippen molar-refractivity contribution in [1.29, 1.82) is 0 Å². The van der Waals surface area contributed by atoms with Crippen molar-refractivity contribution in [2.75, 3.05) is 11.5 Å². The molecular formula is C12H14ClNO3S. The number of carboxylic acids is 1. The molecule has 0 aliphatic carbocycles. The van der Waals surface area contributed by atoms with Crippen molar-refractivity contribution >= 4 is 29.3 Å². The second-order valence-electron chi connectivity index (χ2n) is 4.18. The first-order valence-electron chi connectivity index (χ1n) is 5.57. The Labute approximate surface area is 114 Å². The van der Waals surface area contributed by atoms with Crippen LogP contribution in [0.2, 0.25) is 5.02 Å². The molecule has 0 amide bonds. The molecule has 1 aromatic rings. The van der Waals surface area contributed by atoms with E-state index in [1.54, 1.807) is 6.07 Å². The number of rotatable bonds is 5. The molecule has 0 bridgehead atoms. The summed E-state index contributed by atoms with van der Waals surface area (Å²) in [6.45, 7) is 0. The van der Waals surface area contributed by atoms with E-state index in [1.807, 2.05) is 12.1 Å². The Morgan fingerprint density at radius 2 is 2.44 bits per heavy atom. The van der Waals surface area contributed by atoms with E-state index in [9.17, 15) is 4.79 Å². The highest BCUT2D eigenvalue weighted by atomic mass is 35.5. The topological polar surface area (TPSA) is 72.5 Å². The summed E-state index contributed by atoms with van der Waals surface area (Å²) in [4.78, 5) is 10.6. The number of carboxylic acid groups (broad SMARTS) is 1. The molecule has 1 aliphatic heterocycles. The van der Waals surface area contributed by atoms with E-state index in [0.29, 0.717) is 10.8 Å². The van der Waals surface area contributed by atoms with Gasteiger partial charge in [0.05, 0.1) is 0 Å². The second kappa shape index (κ2) is 5.82. The average molecular weight is 288 g/mol. The zero-order valence-electron chi connectivity index (χ0n) is 9.64. The van der Waals surface area contributed by atoms with Gasteiger partial charge in [0, 0.05) is 22.9 Å². The van der Waals surface area contributed by atoms with E-state index in [-0.39, 0.29) is 6.10 Å². The molecule has 0 fully saturated rings. The lowest BCUT2D eigenvalue weighted by atomic mass is 10.1. The largest absolute Gasteiger partial charge is 0.489 e. The van der Waals surface area contributed by atoms with E-state index < -0.39 is 12.0 Å². The Morgan fingerprint density at radius 3 is 3.17 bits per heavy atom. The van der Waals surface area contributed by atoms with Crippen LogP contribution in [0.5, 0.6) is 5.75 Å². The maximum absolute atomic E-state index is 10.6. The van der Waals surface area contributed by atoms with Gasteiger partial charge in [0.15, 0.2) is 0 Å². The minimum Gasteiger partial charge on any atom is -0.489 e. The molecule has 1 aliphatic rings. The summed E-state index contributed by atoms with van der Waals surface area (Å²) in [7, 11) is 0. The molecule has 0 saturated carbocycles. The maximum Gasteiger partial charge on any atom is 0.321 e. The standard InChI is InChI=1S/C12H14ClNO3S/c13-8-1-2-11-7(3-8)4-9(17-11)5-18-6-10(14)12(15)16/h1-3,9-10H,4-6,14H2,(H,15,16). The first-order valence-corrected chi connectivity index (χ1v) is 7.10. The number of aliphatic carboxylic acids is 1. The Kier molecular flexibility index (Phi) is 4.37. The summed E-state index contributed by atoms with van der Waals surface area (Å²) in [6.07, 6.45) is 0.884. The molecule has 1 heterocycles. The van der Waals surface area contributed by atoms with Crippen LogP contribution in [-0.4, -0.2) is 34.7 Å². The van der Waals surface area contributed by atoms with Gasteiger partial charge in [-0.15, -0.1) is 0 Å². The number of carbonyl (C=O) groups is 1. The predicted molar refractivity (Wildman–Crippen MR) is 72.5 cm³/mol. The number of ether oxygens (including phenoxy) is 1. The quantitative estimate of drug-likeness (QED) is 0.864. The monoisotopic (exact) mass is 287 g/mol. The number of halogens is 1. The van der Waals surface area contributed by atoms with Crippen molar-refractivity contribution in [3.8, 4) is 5.75 Å². The van der Waals surface area contributed by atoms with Crippen LogP contribution in [0.3, 0.4) is 0 Å². The van der Waals surface area contributed by atoms with E-state index in [2.05, 4.69) is 0 Å². The lowest BCUT2D eigenvalue weighted by Gasteiger charge is -2.11. The third-order valence-electron chi connectivity index (χ3n) is 2.68. The Balaban J connectivity index is 1.80. The fourth-order valence-electron chi connectivity index (χ4n) is 1.78. The molecule has 3 N–H and O–H groups in total. The summed E-state index contributed by atoms with van der Waals surface area (Å²) in [5, 5.41) is 9.37. The van der Waals surface area contributed by atoms with Crippen LogP contribution in [0, 0.1) is 0 Å². The van der Waals surface area contributed by atoms with Gasteiger partial charge in [0.2, 0.25) is 0 Å². The molecule has 1 aromatic carbocycles. The number of hydrogen-bond acceptors (Lipinski definition) is 4. The van der Waals surface area contributed by atoms with Gasteiger partial charge in [-0.1, -0.05) is 11.6 Å². The van der Waals surface area contributed by atoms with Gasteiger partial charge in [-0.3, -0.25) is 4.79 Å². The van der Waals surface area contributed by atoms with Gasteiger partial charge in [0.1, 0.15) is 17.9 Å². The number of hydrogen-bond donors (Lipinski definition) is 2. The smallest absolute Gasteiger partial charge is 0.321 e. The maximum atomic E-state index is 10.6. The molecule has 0 saturated heterocycles. The number of thioether (sulfide) groups is 1. The Morgan fingerprint density at radius 1 is 1.67 bits per heavy atom. The molecule has 2 unspecified atom stereocenters. The molecule has 2 rings (SSSR count). The zero-order chi connectivity index (χ0) is 13.1. The normalized spacial score (nSPS) is 19.1. The van der Waals surface area contributed by atoms with Crippen molar-refractivity contribution in [1.82, 2.24) is 0 Å². The van der Waals surface area contributed by atoms with Gasteiger partial charge >= 0.3 is 5.97 Å². The van der Waals surface area contributed by atoms with E-state index in [4.69, 9.17) is 27.2 Å². The molecule has 6 heteroatoms. The van der Waals surface area contributed by atoms with Gasteiger partial charge in [-0.25, -0.2) is 0 Å². The third-order valence-corrected chi connectivity index (χ3v) is 4.12. The summed E-state index contributed by atoms with van der Waals surface area (Å²) >= 11 is 7.41. The van der Waals surface area contributed by atoms with Crippen LogP contribution in [0.4, 0.5) is 0 Å². The predicted octanol–water partition coefficient (Wildman–Crippen LogP) is 1.79. The Hall–Kier alpha value is -0.910. The first kappa shape index (κ1) is 13.5. The highest BCUT2D eigenvalue weighted by Crippen LogP contribution is 2.32. The van der Waals surface area contributed by atoms with Crippen molar-refractivity contribution in [3.63, 3.8) is 0 Å². The first-order chi connectivity index (χ1) is 8.56. The third kappa shape index (κ3) is 3.31. The van der Waals surface area contributed by atoms with E-state index in [0.717, 1.165) is 23.5 Å². The minimum atomic E-state index is -0.968. The van der Waals surface area contributed by atoms with Crippen molar-refractivity contribution < 1.29 is 14.6 Å². The van der Waals surface area contributed by atoms with Crippen molar-refractivity contribution in [2.45, 2.75) is 18.6 Å². The van der Waals surface area contributed by atoms with Gasteiger partial charge in [-0.05, 0) is 23.8 Å². The summed E-state index contributed by atoms with van der Waals surface area (Å²) in [6, 6.07) is 4.76. The van der Waals surface area contributed by atoms with Gasteiger partial charge in [0.25, 0.3) is 0 Å². The highest BCUT2D eigenvalue weighted by molar-refractivity contribution is 7.99. The summed E-state index contributed by atoms with van der Waals surface area (Å²) in [5.74, 6) is 1.02. The second-order valence-corrected chi connectivity index (χ2v) is 5.69. The van der Waals surface area contributed by atoms with Crippen LogP contribution in [0.25, 0.3) is 0 Å². The van der Waals surface area contributed by atoms with E-state index in [1.165, 1.54) is 11.8 Å². The van der Waals surface area contributed by atoms with E-state index >= 15 is 0 Å². The molecule has 18 heavy (non-hydrogen) atoms. The SMILES string of the molecule is NC(CSCC1Cc2cc(Cl)ccc2O1)C(=O)O. The fraction of sp³-hybridized carbons (Fsp3) is 0.417. The van der Waals surface area contributed by atoms with Crippen molar-refractivity contribution in [3.05, 3.63) is 28.8 Å². The summed E-state index contributed by atoms with van der Waals surface area (Å²) in [5.41, 5.74) is 6.53. The molecule has 0 aromatic heterocycles. The molecule has 2 atom stereocenters. The molecular weight excluding hydrogens is 274 g/mol. The molecule has 98 valence electrons. The highest BCUT2D eigenvalue weighted by Gasteiger charge is 2.23. The number of fused-ring (bicyclic) bond motifs is 1. The fourth-order valence-corrected chi connectivity index (χ4v) is 2.96. The van der Waals surface area contributed by atoms with Crippen LogP contribution in [0.1, 0.15) is 5.56 Å². The van der Waals surface area contributed by atoms with Gasteiger partial charge < -0.3 is 15.6 Å². The molecule has 0 radical (unpaired) electrons. The summed E-state index contributed by atoms with van der Waals surface area (Å²) < 4.78 is 5.74. The lowest BCUT2D eigenvalue weighted by Crippen LogP contribution is -2.33. The van der Waals surface area contributed by atoms with Crippen LogP contribution in [0.15, 0.2) is 18.2 Å².